The maximum atomic E-state index is 14.7. The number of halogens is 5. The number of ether oxygens (including phenoxy) is 3. The first-order valence-electron chi connectivity index (χ1n) is 16.6. The second-order valence-corrected chi connectivity index (χ2v) is 14.4. The van der Waals surface area contributed by atoms with Crippen molar-refractivity contribution in [3.8, 4) is 23.1 Å². The number of pyridine rings is 1. The first kappa shape index (κ1) is 41.5. The molecule has 0 aliphatic carbocycles. The number of nitrogens with zero attached hydrogens (tertiary/aromatic N) is 4. The molecule has 0 unspecified atom stereocenters. The van der Waals surface area contributed by atoms with Gasteiger partial charge in [0, 0.05) is 60.2 Å². The number of H-pyrrole nitrogens is 1. The van der Waals surface area contributed by atoms with E-state index in [1.807, 2.05) is 30.8 Å². The average Bonchev–Trinajstić information content (AvgIpc) is 3.64. The number of carbonyl (C=O) groups is 2. The molecular weight excluding hydrogens is 786 g/mol. The van der Waals surface area contributed by atoms with Gasteiger partial charge in [-0.1, -0.05) is 25.4 Å². The van der Waals surface area contributed by atoms with Crippen LogP contribution in [0.15, 0.2) is 74.1 Å². The lowest BCUT2D eigenvalue weighted by Gasteiger charge is -2.21. The fourth-order valence-electron chi connectivity index (χ4n) is 5.89. The summed E-state index contributed by atoms with van der Waals surface area (Å²) in [7, 11) is 2.39. The van der Waals surface area contributed by atoms with Crippen molar-refractivity contribution in [1.29, 1.82) is 0 Å². The first-order chi connectivity index (χ1) is 26.3. The van der Waals surface area contributed by atoms with Gasteiger partial charge >= 0.3 is 17.8 Å². The minimum Gasteiger partial charge on any atom is -0.463 e. The lowest BCUT2D eigenvalue weighted by Crippen LogP contribution is -2.41. The highest BCUT2D eigenvalue weighted by Gasteiger charge is 2.36. The Morgan fingerprint density at radius 3 is 2.41 bits per heavy atom. The largest absolute Gasteiger partial charge is 0.463 e. The predicted molar refractivity (Wildman–Crippen MR) is 198 cm³/mol. The smallest absolute Gasteiger partial charge is 0.431 e. The summed E-state index contributed by atoms with van der Waals surface area (Å²) >= 11 is 7.87. The highest BCUT2D eigenvalue weighted by molar-refractivity contribution is 7.99. The van der Waals surface area contributed by atoms with Crippen LogP contribution in [0.4, 0.5) is 17.6 Å². The molecule has 0 atom stereocenters. The van der Waals surface area contributed by atoms with E-state index in [1.165, 1.54) is 39.7 Å². The van der Waals surface area contributed by atoms with Gasteiger partial charge in [-0.15, -0.1) is 11.8 Å². The van der Waals surface area contributed by atoms with E-state index < -0.39 is 47.2 Å². The number of thioether (sulfide) groups is 1. The van der Waals surface area contributed by atoms with E-state index in [0.717, 1.165) is 24.4 Å². The standard InChI is InChI=1S/C21H16ClF4N3O6.C16H18N2O2S/c1-3-33-18(31)10-34-19-14(5-4-6-27-19)35-15-8-13(12(23)7-11(15)22)29-17(30)9-16(21(24,25)26)28(2)20(29)32;1-9-10(14(19)11-7-17-18(4)15(11)20)5-6-12-13(9)16(2,3)8-21-12/h4-9H,3,10H2,1-2H3;5-7,17H,8H2,1-4H3. The van der Waals surface area contributed by atoms with Crippen LogP contribution in [0.3, 0.4) is 0 Å². The van der Waals surface area contributed by atoms with Gasteiger partial charge in [-0.3, -0.25) is 23.6 Å². The van der Waals surface area contributed by atoms with Crippen LogP contribution in [0.25, 0.3) is 5.69 Å². The molecule has 0 bridgehead atoms. The molecule has 4 heterocycles. The third-order valence-corrected chi connectivity index (χ3v) is 10.4. The Hall–Kier alpha value is -5.62. The molecule has 1 N–H and O–H groups in total. The van der Waals surface area contributed by atoms with E-state index in [-0.39, 0.29) is 66.5 Å². The lowest BCUT2D eigenvalue weighted by molar-refractivity contribution is -0.145. The van der Waals surface area contributed by atoms with Gasteiger partial charge in [0.25, 0.3) is 17.0 Å². The molecule has 3 aromatic heterocycles. The Morgan fingerprint density at radius 1 is 1.05 bits per heavy atom. The lowest BCUT2D eigenvalue weighted by atomic mass is 9.82. The number of hydrogen-bond donors (Lipinski definition) is 1. The van der Waals surface area contributed by atoms with Gasteiger partial charge in [0.2, 0.25) is 0 Å². The number of ketones is 1. The van der Waals surface area contributed by atoms with E-state index in [1.54, 1.807) is 14.0 Å². The average molecular weight is 820 g/mol. The summed E-state index contributed by atoms with van der Waals surface area (Å²) in [6, 6.07) is 8.40. The Kier molecular flexibility index (Phi) is 12.0. The number of aromatic amines is 1. The summed E-state index contributed by atoms with van der Waals surface area (Å²) in [5.74, 6) is -1.56. The number of carbonyl (C=O) groups excluding carboxylic acids is 2. The molecule has 0 radical (unpaired) electrons. The van der Waals surface area contributed by atoms with Gasteiger partial charge in [0.05, 0.1) is 17.3 Å². The van der Waals surface area contributed by atoms with Crippen molar-refractivity contribution in [2.24, 2.45) is 14.1 Å². The molecule has 0 fully saturated rings. The van der Waals surface area contributed by atoms with Crippen molar-refractivity contribution in [3.05, 3.63) is 125 Å². The highest BCUT2D eigenvalue weighted by Crippen LogP contribution is 2.46. The Morgan fingerprint density at radius 2 is 1.77 bits per heavy atom. The molecule has 5 aromatic rings. The zero-order valence-corrected chi connectivity index (χ0v) is 32.2. The fourth-order valence-corrected chi connectivity index (χ4v) is 7.48. The highest BCUT2D eigenvalue weighted by atomic mass is 35.5. The van der Waals surface area contributed by atoms with Crippen molar-refractivity contribution in [3.63, 3.8) is 0 Å². The zero-order valence-electron chi connectivity index (χ0n) is 30.7. The summed E-state index contributed by atoms with van der Waals surface area (Å²) in [5, 5.41) is 2.45. The van der Waals surface area contributed by atoms with Crippen LogP contribution in [0.5, 0.6) is 17.4 Å². The number of alkyl halides is 3. The van der Waals surface area contributed by atoms with Crippen LogP contribution < -0.4 is 26.3 Å². The normalized spacial score (nSPS) is 13.1. The summed E-state index contributed by atoms with van der Waals surface area (Å²) in [6.45, 7) is 7.61. The molecule has 0 saturated heterocycles. The van der Waals surface area contributed by atoms with Crippen molar-refractivity contribution in [1.82, 2.24) is 23.9 Å². The predicted octanol–water partition coefficient (Wildman–Crippen LogP) is 6.11. The maximum Gasteiger partial charge on any atom is 0.431 e. The molecular formula is C37H34ClF4N5O8S. The van der Waals surface area contributed by atoms with Gasteiger partial charge in [-0.05, 0) is 55.3 Å². The van der Waals surface area contributed by atoms with Gasteiger partial charge < -0.3 is 19.3 Å². The van der Waals surface area contributed by atoms with Gasteiger partial charge in [0.1, 0.15) is 22.8 Å². The number of hydrogen-bond acceptors (Lipinski definition) is 10. The molecule has 0 saturated carbocycles. The fraction of sp³-hybridized carbons (Fsp3) is 0.297. The van der Waals surface area contributed by atoms with Crippen molar-refractivity contribution < 1.29 is 41.4 Å². The van der Waals surface area contributed by atoms with Crippen LogP contribution in [0, 0.1) is 12.7 Å². The Bertz CT molecular complexity index is 2530. The van der Waals surface area contributed by atoms with E-state index in [4.69, 9.17) is 25.8 Å². The molecule has 19 heteroatoms. The van der Waals surface area contributed by atoms with Crippen LogP contribution in [-0.2, 0) is 35.2 Å². The van der Waals surface area contributed by atoms with E-state index in [0.29, 0.717) is 11.6 Å². The zero-order chi connectivity index (χ0) is 41.3. The molecule has 1 aliphatic rings. The molecule has 1 aliphatic heterocycles. The number of aromatic nitrogens is 5. The van der Waals surface area contributed by atoms with E-state index in [2.05, 4.69) is 23.9 Å². The van der Waals surface area contributed by atoms with Gasteiger partial charge in [0.15, 0.2) is 18.1 Å². The number of nitrogens with one attached hydrogen (secondary N) is 1. The minimum atomic E-state index is -4.99. The topological polar surface area (TPSA) is 157 Å². The second kappa shape index (κ2) is 16.2. The summed E-state index contributed by atoms with van der Waals surface area (Å²) < 4.78 is 71.3. The minimum absolute atomic E-state index is 0.0590. The number of esters is 1. The van der Waals surface area contributed by atoms with Crippen LogP contribution >= 0.6 is 23.4 Å². The molecule has 0 spiro atoms. The van der Waals surface area contributed by atoms with Crippen molar-refractivity contribution in [2.45, 2.75) is 44.2 Å². The quantitative estimate of drug-likeness (QED) is 0.105. The van der Waals surface area contributed by atoms with Gasteiger partial charge in [-0.2, -0.15) is 13.2 Å². The second-order valence-electron chi connectivity index (χ2n) is 12.9. The number of aryl methyl sites for hydroxylation is 1. The van der Waals surface area contributed by atoms with Crippen LogP contribution in [0.2, 0.25) is 5.02 Å². The molecule has 13 nitrogen and oxygen atoms in total. The van der Waals surface area contributed by atoms with Gasteiger partial charge in [-0.25, -0.2) is 23.5 Å². The van der Waals surface area contributed by atoms with Crippen molar-refractivity contribution >= 4 is 35.1 Å². The Labute approximate surface area is 324 Å². The first-order valence-corrected chi connectivity index (χ1v) is 18.0. The molecule has 6 rings (SSSR count). The molecule has 2 aromatic carbocycles. The molecule has 0 amide bonds. The molecule has 296 valence electrons. The monoisotopic (exact) mass is 819 g/mol. The maximum absolute atomic E-state index is 14.7. The third-order valence-electron chi connectivity index (χ3n) is 8.56. The number of fused-ring (bicyclic) bond motifs is 1. The van der Waals surface area contributed by atoms with E-state index >= 15 is 0 Å². The third kappa shape index (κ3) is 8.45. The number of benzene rings is 2. The molecule has 56 heavy (non-hydrogen) atoms. The van der Waals surface area contributed by atoms with E-state index in [9.17, 15) is 41.5 Å². The van der Waals surface area contributed by atoms with Crippen LogP contribution in [-0.4, -0.2) is 54.6 Å². The summed E-state index contributed by atoms with van der Waals surface area (Å²) in [4.78, 5) is 66.2. The summed E-state index contributed by atoms with van der Waals surface area (Å²) in [5.41, 5.74) is -2.25. The van der Waals surface area contributed by atoms with Crippen molar-refractivity contribution in [2.75, 3.05) is 19.0 Å². The van der Waals surface area contributed by atoms with Crippen LogP contribution in [0.1, 0.15) is 53.5 Å². The Balaban J connectivity index is 0.000000242. The SMILES string of the molecule is CCOC(=O)COc1ncccc1Oc1cc(-n2c(=O)cc(C(F)(F)F)n(C)c2=O)c(F)cc1Cl.Cc1c(C(=O)c2c[nH]n(C)c2=O)ccc2c1C(C)(C)CS2. The summed E-state index contributed by atoms with van der Waals surface area (Å²) in [6.07, 6.45) is -2.17. The number of rotatable bonds is 9.